The fourth-order valence-corrected chi connectivity index (χ4v) is 2.53. The van der Waals surface area contributed by atoms with E-state index in [0.29, 0.717) is 6.42 Å². The summed E-state index contributed by atoms with van der Waals surface area (Å²) in [6.07, 6.45) is -2.73. The van der Waals surface area contributed by atoms with E-state index in [1.165, 1.54) is 6.92 Å². The summed E-state index contributed by atoms with van der Waals surface area (Å²) in [5, 5.41) is 43.0. The van der Waals surface area contributed by atoms with E-state index in [-0.39, 0.29) is 0 Å². The van der Waals surface area contributed by atoms with Crippen molar-refractivity contribution in [3.05, 3.63) is 0 Å². The number of aliphatic hydroxyl groups excluding tert-OH is 1. The van der Waals surface area contributed by atoms with Crippen LogP contribution in [-0.2, 0) is 28.8 Å². The quantitative estimate of drug-likeness (QED) is 0.131. The van der Waals surface area contributed by atoms with Crippen molar-refractivity contribution in [2.45, 2.75) is 70.3 Å². The minimum Gasteiger partial charge on any atom is -0.481 e. The van der Waals surface area contributed by atoms with Crippen molar-refractivity contribution in [2.24, 2.45) is 11.7 Å². The number of hydrogen-bond acceptors (Lipinski definition) is 8. The van der Waals surface area contributed by atoms with Crippen molar-refractivity contribution in [1.29, 1.82) is 0 Å². The van der Waals surface area contributed by atoms with Crippen LogP contribution in [0.4, 0.5) is 0 Å². The van der Waals surface area contributed by atoms with E-state index in [1.807, 2.05) is 5.32 Å². The van der Waals surface area contributed by atoms with Crippen molar-refractivity contribution >= 4 is 35.6 Å². The molecule has 14 heteroatoms. The second-order valence-electron chi connectivity index (χ2n) is 7.30. The number of aliphatic hydroxyl groups is 1. The summed E-state index contributed by atoms with van der Waals surface area (Å²) in [5.41, 5.74) is 5.43. The van der Waals surface area contributed by atoms with E-state index in [0.717, 1.165) is 0 Å². The highest BCUT2D eigenvalue weighted by Crippen LogP contribution is 2.10. The molecule has 0 aromatic heterocycles. The molecule has 32 heavy (non-hydrogen) atoms. The van der Waals surface area contributed by atoms with E-state index in [4.69, 9.17) is 21.1 Å². The molecule has 0 saturated carbocycles. The number of carboxylic acids is 3. The molecule has 6 unspecified atom stereocenters. The molecule has 0 aliphatic carbocycles. The average molecular weight is 462 g/mol. The van der Waals surface area contributed by atoms with Gasteiger partial charge >= 0.3 is 17.9 Å². The average Bonchev–Trinajstić information content (AvgIpc) is 2.67. The van der Waals surface area contributed by atoms with Crippen LogP contribution in [-0.4, -0.2) is 86.3 Å². The largest absolute Gasteiger partial charge is 0.481 e. The summed E-state index contributed by atoms with van der Waals surface area (Å²) in [6, 6.07) is -6.17. The minimum atomic E-state index is -1.75. The maximum absolute atomic E-state index is 12.7. The lowest BCUT2D eigenvalue weighted by molar-refractivity contribution is -0.147. The Balaban J connectivity index is 5.52. The number of carbonyl (C=O) groups excluding carboxylic acids is 3. The van der Waals surface area contributed by atoms with Gasteiger partial charge in [0.2, 0.25) is 17.7 Å². The van der Waals surface area contributed by atoms with Crippen LogP contribution in [0.15, 0.2) is 0 Å². The molecular weight excluding hydrogens is 432 g/mol. The Labute approximate surface area is 183 Å². The van der Waals surface area contributed by atoms with E-state index in [1.54, 1.807) is 13.8 Å². The van der Waals surface area contributed by atoms with E-state index >= 15 is 0 Å². The highest BCUT2D eigenvalue weighted by Gasteiger charge is 2.35. The summed E-state index contributed by atoms with van der Waals surface area (Å²) in [7, 11) is 0. The molecule has 9 N–H and O–H groups in total. The van der Waals surface area contributed by atoms with Gasteiger partial charge in [-0.15, -0.1) is 0 Å². The molecule has 0 aromatic carbocycles. The monoisotopic (exact) mass is 462 g/mol. The predicted molar refractivity (Wildman–Crippen MR) is 107 cm³/mol. The Morgan fingerprint density at radius 2 is 1.25 bits per heavy atom. The van der Waals surface area contributed by atoms with Crippen molar-refractivity contribution < 1.29 is 49.2 Å². The molecule has 3 amide bonds. The molecule has 182 valence electrons. The number of aliphatic carboxylic acids is 3. The summed E-state index contributed by atoms with van der Waals surface area (Å²) in [6.45, 7) is 4.41. The van der Waals surface area contributed by atoms with Crippen LogP contribution in [0.1, 0.15) is 40.0 Å². The third-order valence-corrected chi connectivity index (χ3v) is 4.58. The van der Waals surface area contributed by atoms with Gasteiger partial charge in [-0.2, -0.15) is 0 Å². The zero-order chi connectivity index (χ0) is 25.2. The Bertz CT molecular complexity index is 727. The van der Waals surface area contributed by atoms with Gasteiger partial charge in [0, 0.05) is 0 Å². The van der Waals surface area contributed by atoms with E-state index < -0.39 is 84.7 Å². The highest BCUT2D eigenvalue weighted by molar-refractivity contribution is 5.95. The molecule has 0 bridgehead atoms. The summed E-state index contributed by atoms with van der Waals surface area (Å²) in [4.78, 5) is 70.0. The molecule has 0 saturated heterocycles. The second-order valence-corrected chi connectivity index (χ2v) is 7.30. The lowest BCUT2D eigenvalue weighted by atomic mass is 9.97. The first kappa shape index (κ1) is 28.7. The summed E-state index contributed by atoms with van der Waals surface area (Å²) >= 11 is 0. The topological polar surface area (TPSA) is 245 Å². The molecule has 0 aliphatic rings. The van der Waals surface area contributed by atoms with Crippen molar-refractivity contribution in [3.8, 4) is 0 Å². The third kappa shape index (κ3) is 9.70. The van der Waals surface area contributed by atoms with Gasteiger partial charge in [-0.1, -0.05) is 20.3 Å². The van der Waals surface area contributed by atoms with Crippen LogP contribution in [0.3, 0.4) is 0 Å². The van der Waals surface area contributed by atoms with Gasteiger partial charge in [-0.3, -0.25) is 24.0 Å². The lowest BCUT2D eigenvalue weighted by Gasteiger charge is -2.28. The van der Waals surface area contributed by atoms with Gasteiger partial charge in [0.1, 0.15) is 18.1 Å². The Morgan fingerprint density at radius 3 is 1.66 bits per heavy atom. The zero-order valence-electron chi connectivity index (χ0n) is 17.9. The first-order chi connectivity index (χ1) is 14.7. The standard InChI is InChI=1S/C18H30N4O10/c1-4-7(2)13(16(29)20-10(18(31)32)6-12(26)27)21-17(30)14(8(3)23)22-15(28)9(19)5-11(24)25/h7-10,13-14,23H,4-6,19H2,1-3H3,(H,20,29)(H,21,30)(H,22,28)(H,24,25)(H,26,27)(H,31,32). The fourth-order valence-electron chi connectivity index (χ4n) is 2.53. The van der Waals surface area contributed by atoms with Gasteiger partial charge in [0.05, 0.1) is 25.0 Å². The van der Waals surface area contributed by atoms with Crippen LogP contribution in [0.25, 0.3) is 0 Å². The number of amides is 3. The molecule has 0 aromatic rings. The molecule has 0 fully saturated rings. The number of hydrogen-bond donors (Lipinski definition) is 8. The second kappa shape index (κ2) is 13.2. The van der Waals surface area contributed by atoms with E-state index in [9.17, 15) is 33.9 Å². The van der Waals surface area contributed by atoms with Gasteiger partial charge in [0.25, 0.3) is 0 Å². The lowest BCUT2D eigenvalue weighted by Crippen LogP contribution is -2.61. The first-order valence-corrected chi connectivity index (χ1v) is 9.72. The predicted octanol–water partition coefficient (Wildman–Crippen LogP) is -2.77. The molecular formula is C18H30N4O10. The van der Waals surface area contributed by atoms with Gasteiger partial charge in [0.15, 0.2) is 0 Å². The molecule has 0 radical (unpaired) electrons. The van der Waals surface area contributed by atoms with Crippen molar-refractivity contribution in [1.82, 2.24) is 16.0 Å². The minimum absolute atomic E-state index is 0.351. The normalized spacial score (nSPS) is 16.4. The molecule has 0 spiro atoms. The number of carboxylic acid groups (broad SMARTS) is 3. The smallest absolute Gasteiger partial charge is 0.326 e. The van der Waals surface area contributed by atoms with Crippen LogP contribution in [0.5, 0.6) is 0 Å². The van der Waals surface area contributed by atoms with Gasteiger partial charge in [-0.25, -0.2) is 4.79 Å². The number of nitrogens with one attached hydrogen (secondary N) is 3. The summed E-state index contributed by atoms with van der Waals surface area (Å²) < 4.78 is 0. The Hall–Kier alpha value is -3.26. The number of rotatable bonds is 14. The highest BCUT2D eigenvalue weighted by atomic mass is 16.4. The number of carbonyl (C=O) groups is 6. The van der Waals surface area contributed by atoms with E-state index in [2.05, 4.69) is 10.6 Å². The van der Waals surface area contributed by atoms with Crippen LogP contribution in [0, 0.1) is 5.92 Å². The SMILES string of the molecule is CCC(C)C(NC(=O)C(NC(=O)C(N)CC(=O)O)C(C)O)C(=O)NC(CC(=O)O)C(=O)O. The molecule has 0 rings (SSSR count). The molecule has 0 aliphatic heterocycles. The Kier molecular flexibility index (Phi) is 11.9. The van der Waals surface area contributed by atoms with Gasteiger partial charge < -0.3 is 42.1 Å². The maximum atomic E-state index is 12.7. The van der Waals surface area contributed by atoms with Crippen LogP contribution < -0.4 is 21.7 Å². The number of nitrogens with two attached hydrogens (primary N) is 1. The van der Waals surface area contributed by atoms with Crippen LogP contribution in [0.2, 0.25) is 0 Å². The molecule has 0 heterocycles. The molecule has 6 atom stereocenters. The fraction of sp³-hybridized carbons (Fsp3) is 0.667. The summed E-state index contributed by atoms with van der Waals surface area (Å²) in [5.74, 6) is -7.95. The van der Waals surface area contributed by atoms with Crippen LogP contribution >= 0.6 is 0 Å². The maximum Gasteiger partial charge on any atom is 0.326 e. The third-order valence-electron chi connectivity index (χ3n) is 4.58. The molecule has 14 nitrogen and oxygen atoms in total. The van der Waals surface area contributed by atoms with Crippen molar-refractivity contribution in [3.63, 3.8) is 0 Å². The zero-order valence-corrected chi connectivity index (χ0v) is 17.9. The Morgan fingerprint density at radius 1 is 0.781 bits per heavy atom. The van der Waals surface area contributed by atoms with Crippen molar-refractivity contribution in [2.75, 3.05) is 0 Å². The first-order valence-electron chi connectivity index (χ1n) is 9.72. The van der Waals surface area contributed by atoms with Gasteiger partial charge in [-0.05, 0) is 12.8 Å².